The number of nitrogens with two attached hydrogens (primary N) is 1. The van der Waals surface area contributed by atoms with Crippen molar-refractivity contribution in [3.8, 4) is 0 Å². The quantitative estimate of drug-likeness (QED) is 0.771. The molecule has 1 fully saturated rings. The average molecular weight is 271 g/mol. The SMILES string of the molecule is CS(=O)(=O)c1cccc(NN2CCOCC2)c1N. The number of sulfone groups is 1. The van der Waals surface area contributed by atoms with Crippen LogP contribution in [0, 0.1) is 0 Å². The first-order valence-corrected chi connectivity index (χ1v) is 7.55. The van der Waals surface area contributed by atoms with E-state index in [1.165, 1.54) is 6.07 Å². The molecular formula is C11H17N3O3S. The first-order valence-electron chi connectivity index (χ1n) is 5.66. The van der Waals surface area contributed by atoms with Crippen molar-refractivity contribution >= 4 is 21.2 Å². The molecule has 1 aliphatic heterocycles. The molecule has 0 spiro atoms. The molecule has 100 valence electrons. The molecule has 1 saturated heterocycles. The van der Waals surface area contributed by atoms with E-state index in [9.17, 15) is 8.42 Å². The average Bonchev–Trinajstić information content (AvgIpc) is 2.32. The highest BCUT2D eigenvalue weighted by Gasteiger charge is 2.16. The predicted octanol–water partition coefficient (Wildman–Crippen LogP) is 0.331. The number of hydrazine groups is 1. The third kappa shape index (κ3) is 2.92. The fourth-order valence-corrected chi connectivity index (χ4v) is 2.65. The van der Waals surface area contributed by atoms with Crippen LogP contribution in [0.5, 0.6) is 0 Å². The van der Waals surface area contributed by atoms with Crippen LogP contribution >= 0.6 is 0 Å². The summed E-state index contributed by atoms with van der Waals surface area (Å²) < 4.78 is 28.4. The standard InChI is InChI=1S/C11H17N3O3S/c1-18(15,16)10-4-2-3-9(11(10)12)13-14-5-7-17-8-6-14/h2-4,13H,5-8,12H2,1H3. The molecule has 3 N–H and O–H groups in total. The van der Waals surface area contributed by atoms with E-state index in [0.29, 0.717) is 18.9 Å². The maximum absolute atomic E-state index is 11.6. The van der Waals surface area contributed by atoms with Crippen LogP contribution in [-0.4, -0.2) is 46.0 Å². The lowest BCUT2D eigenvalue weighted by Crippen LogP contribution is -2.40. The van der Waals surface area contributed by atoms with Crippen LogP contribution in [0.1, 0.15) is 0 Å². The minimum Gasteiger partial charge on any atom is -0.396 e. The lowest BCUT2D eigenvalue weighted by molar-refractivity contribution is 0.0497. The summed E-state index contributed by atoms with van der Waals surface area (Å²) in [5.41, 5.74) is 9.88. The minimum absolute atomic E-state index is 0.153. The molecule has 7 heteroatoms. The maximum Gasteiger partial charge on any atom is 0.177 e. The van der Waals surface area contributed by atoms with E-state index in [2.05, 4.69) is 5.43 Å². The topological polar surface area (TPSA) is 84.7 Å². The van der Waals surface area contributed by atoms with Crippen molar-refractivity contribution in [2.45, 2.75) is 4.90 Å². The smallest absolute Gasteiger partial charge is 0.177 e. The Bertz CT molecular complexity index is 524. The number of nitrogens with zero attached hydrogens (tertiary/aromatic N) is 1. The number of nitrogens with one attached hydrogen (secondary N) is 1. The van der Waals surface area contributed by atoms with Crippen LogP contribution in [0.15, 0.2) is 23.1 Å². The van der Waals surface area contributed by atoms with Crippen LogP contribution in [0.3, 0.4) is 0 Å². The van der Waals surface area contributed by atoms with Gasteiger partial charge in [-0.05, 0) is 12.1 Å². The summed E-state index contributed by atoms with van der Waals surface area (Å²) in [5.74, 6) is 0. The number of anilines is 2. The van der Waals surface area contributed by atoms with E-state index >= 15 is 0 Å². The predicted molar refractivity (Wildman–Crippen MR) is 70.0 cm³/mol. The molecule has 6 nitrogen and oxygen atoms in total. The summed E-state index contributed by atoms with van der Waals surface area (Å²) in [4.78, 5) is 0.153. The number of hydrogen-bond donors (Lipinski definition) is 2. The Balaban J connectivity index is 2.23. The Morgan fingerprint density at radius 3 is 2.61 bits per heavy atom. The second kappa shape index (κ2) is 5.13. The summed E-state index contributed by atoms with van der Waals surface area (Å²) in [5, 5.41) is 1.96. The van der Waals surface area contributed by atoms with E-state index in [4.69, 9.17) is 10.5 Å². The zero-order valence-corrected chi connectivity index (χ0v) is 11.0. The van der Waals surface area contributed by atoms with E-state index < -0.39 is 9.84 Å². The Morgan fingerprint density at radius 2 is 2.00 bits per heavy atom. The van der Waals surface area contributed by atoms with Gasteiger partial charge in [0.15, 0.2) is 9.84 Å². The summed E-state index contributed by atoms with van der Waals surface area (Å²) in [6.45, 7) is 2.78. The lowest BCUT2D eigenvalue weighted by Gasteiger charge is -2.28. The van der Waals surface area contributed by atoms with Gasteiger partial charge in [-0.2, -0.15) is 0 Å². The maximum atomic E-state index is 11.6. The fraction of sp³-hybridized carbons (Fsp3) is 0.455. The van der Waals surface area contributed by atoms with Crippen LogP contribution < -0.4 is 11.2 Å². The van der Waals surface area contributed by atoms with Crippen LogP contribution in [0.25, 0.3) is 0 Å². The number of morpholine rings is 1. The molecule has 0 amide bonds. The third-order valence-electron chi connectivity index (χ3n) is 2.76. The number of rotatable bonds is 3. The molecule has 0 aliphatic carbocycles. The zero-order chi connectivity index (χ0) is 13.2. The first kappa shape index (κ1) is 13.1. The molecule has 0 aromatic heterocycles. The van der Waals surface area contributed by atoms with Crippen molar-refractivity contribution in [1.82, 2.24) is 5.01 Å². The Labute approximate surface area is 107 Å². The van der Waals surface area contributed by atoms with E-state index in [1.54, 1.807) is 12.1 Å². The molecule has 1 aromatic carbocycles. The highest BCUT2D eigenvalue weighted by Crippen LogP contribution is 2.26. The van der Waals surface area contributed by atoms with Gasteiger partial charge in [0.2, 0.25) is 0 Å². The second-order valence-electron chi connectivity index (χ2n) is 4.20. The van der Waals surface area contributed by atoms with Gasteiger partial charge in [-0.25, -0.2) is 13.4 Å². The molecule has 0 atom stereocenters. The van der Waals surface area contributed by atoms with E-state index in [1.807, 2.05) is 5.01 Å². The number of benzene rings is 1. The Kier molecular flexibility index (Phi) is 3.74. The molecule has 1 aliphatic rings. The van der Waals surface area contributed by atoms with Crippen LogP contribution in [0.4, 0.5) is 11.4 Å². The molecule has 2 rings (SSSR count). The van der Waals surface area contributed by atoms with Gasteiger partial charge < -0.3 is 15.9 Å². The highest BCUT2D eigenvalue weighted by atomic mass is 32.2. The zero-order valence-electron chi connectivity index (χ0n) is 10.2. The van der Waals surface area contributed by atoms with Crippen LogP contribution in [-0.2, 0) is 14.6 Å². The van der Waals surface area contributed by atoms with Crippen LogP contribution in [0.2, 0.25) is 0 Å². The highest BCUT2D eigenvalue weighted by molar-refractivity contribution is 7.90. The van der Waals surface area contributed by atoms with Crippen molar-refractivity contribution in [3.05, 3.63) is 18.2 Å². The molecule has 1 heterocycles. The van der Waals surface area contributed by atoms with Gasteiger partial charge in [-0.1, -0.05) is 6.07 Å². The molecule has 0 radical (unpaired) electrons. The number of nitrogen functional groups attached to an aromatic ring is 1. The summed E-state index contributed by atoms with van der Waals surface area (Å²) in [6, 6.07) is 4.95. The van der Waals surface area contributed by atoms with Gasteiger partial charge in [0.25, 0.3) is 0 Å². The minimum atomic E-state index is -3.31. The normalized spacial score (nSPS) is 17.6. The van der Waals surface area contributed by atoms with Gasteiger partial charge in [0.05, 0.1) is 29.5 Å². The molecule has 0 saturated carbocycles. The molecule has 18 heavy (non-hydrogen) atoms. The fourth-order valence-electron chi connectivity index (χ4n) is 1.81. The Hall–Kier alpha value is -1.31. The van der Waals surface area contributed by atoms with Gasteiger partial charge >= 0.3 is 0 Å². The summed E-state index contributed by atoms with van der Waals surface area (Å²) in [6.07, 6.45) is 1.15. The van der Waals surface area contributed by atoms with Crippen molar-refractivity contribution in [1.29, 1.82) is 0 Å². The molecule has 1 aromatic rings. The molecule has 0 unspecified atom stereocenters. The lowest BCUT2D eigenvalue weighted by atomic mass is 10.3. The number of ether oxygens (including phenoxy) is 1. The van der Waals surface area contributed by atoms with E-state index in [0.717, 1.165) is 19.3 Å². The Morgan fingerprint density at radius 1 is 1.33 bits per heavy atom. The van der Waals surface area contributed by atoms with Crippen molar-refractivity contribution in [3.63, 3.8) is 0 Å². The van der Waals surface area contributed by atoms with Crippen molar-refractivity contribution in [2.24, 2.45) is 0 Å². The van der Waals surface area contributed by atoms with Gasteiger partial charge in [-0.15, -0.1) is 0 Å². The van der Waals surface area contributed by atoms with Gasteiger partial charge in [0, 0.05) is 19.3 Å². The first-order chi connectivity index (χ1) is 8.48. The monoisotopic (exact) mass is 271 g/mol. The summed E-state index contributed by atoms with van der Waals surface area (Å²) in [7, 11) is -3.31. The molecule has 0 bridgehead atoms. The second-order valence-corrected chi connectivity index (χ2v) is 6.18. The largest absolute Gasteiger partial charge is 0.396 e. The number of hydrogen-bond acceptors (Lipinski definition) is 6. The van der Waals surface area contributed by atoms with Gasteiger partial charge in [0.1, 0.15) is 0 Å². The van der Waals surface area contributed by atoms with Gasteiger partial charge in [-0.3, -0.25) is 0 Å². The van der Waals surface area contributed by atoms with Crippen molar-refractivity contribution in [2.75, 3.05) is 43.7 Å². The third-order valence-corrected chi connectivity index (χ3v) is 3.91. The summed E-state index contributed by atoms with van der Waals surface area (Å²) >= 11 is 0. The molecular weight excluding hydrogens is 254 g/mol. The van der Waals surface area contributed by atoms with Crippen molar-refractivity contribution < 1.29 is 13.2 Å². The van der Waals surface area contributed by atoms with E-state index in [-0.39, 0.29) is 10.6 Å². The number of para-hydroxylation sites is 1.